The van der Waals surface area contributed by atoms with E-state index in [1.807, 2.05) is 0 Å². The highest BCUT2D eigenvalue weighted by Gasteiger charge is 2.16. The number of hydrogen-bond acceptors (Lipinski definition) is 3. The number of Topliss-reactive ketones (excluding diaryl/α,β-unsaturated/α-hetero) is 1. The fourth-order valence-electron chi connectivity index (χ4n) is 1.98. The Morgan fingerprint density at radius 1 is 1.05 bits per heavy atom. The zero-order valence-corrected chi connectivity index (χ0v) is 11.7. The molecule has 110 valence electrons. The number of carbonyl (C=O) groups excluding carboxylic acids is 1. The van der Waals surface area contributed by atoms with Gasteiger partial charge in [0.25, 0.3) is 0 Å². The van der Waals surface area contributed by atoms with Crippen LogP contribution in [0.25, 0.3) is 0 Å². The largest absolute Gasteiger partial charge is 0.497 e. The molecule has 2 rings (SSSR count). The summed E-state index contributed by atoms with van der Waals surface area (Å²) in [5.41, 5.74) is 0.269. The minimum atomic E-state index is -0.619. The van der Waals surface area contributed by atoms with E-state index in [9.17, 15) is 13.6 Å². The van der Waals surface area contributed by atoms with Gasteiger partial charge in [0.05, 0.1) is 19.8 Å². The Balaban J connectivity index is 2.33. The Kier molecular flexibility index (Phi) is 4.52. The summed E-state index contributed by atoms with van der Waals surface area (Å²) >= 11 is 0. The first kappa shape index (κ1) is 15.0. The summed E-state index contributed by atoms with van der Waals surface area (Å²) in [4.78, 5) is 12.3. The molecule has 0 spiro atoms. The molecule has 0 amide bonds. The molecule has 0 aliphatic carbocycles. The lowest BCUT2D eigenvalue weighted by Crippen LogP contribution is -2.08. The van der Waals surface area contributed by atoms with Crippen LogP contribution in [0.4, 0.5) is 8.78 Å². The second kappa shape index (κ2) is 6.35. The summed E-state index contributed by atoms with van der Waals surface area (Å²) in [5, 5.41) is 0. The number of hydrogen-bond donors (Lipinski definition) is 0. The standard InChI is InChI=1S/C16H14F2O3/c1-20-12-4-6-16(21-2)13(9-12)15(19)8-10-7-11(17)3-5-14(10)18/h3-7,9H,8H2,1-2H3. The first-order valence-electron chi connectivity index (χ1n) is 6.24. The van der Waals surface area contributed by atoms with Gasteiger partial charge in [-0.1, -0.05) is 0 Å². The number of halogens is 2. The van der Waals surface area contributed by atoms with Gasteiger partial charge in [0.1, 0.15) is 23.1 Å². The summed E-state index contributed by atoms with van der Waals surface area (Å²) < 4.78 is 36.9. The van der Waals surface area contributed by atoms with Crippen LogP contribution >= 0.6 is 0 Å². The van der Waals surface area contributed by atoms with E-state index in [-0.39, 0.29) is 23.3 Å². The fourth-order valence-corrected chi connectivity index (χ4v) is 1.98. The molecule has 5 heteroatoms. The fraction of sp³-hybridized carbons (Fsp3) is 0.188. The molecular formula is C16H14F2O3. The van der Waals surface area contributed by atoms with Crippen LogP contribution in [0.5, 0.6) is 11.5 Å². The summed E-state index contributed by atoms with van der Waals surface area (Å²) in [6, 6.07) is 7.78. The van der Waals surface area contributed by atoms with Crippen molar-refractivity contribution < 1.29 is 23.0 Å². The van der Waals surface area contributed by atoms with Crippen molar-refractivity contribution >= 4 is 5.78 Å². The Labute approximate surface area is 121 Å². The third-order valence-electron chi connectivity index (χ3n) is 3.07. The molecule has 0 aromatic heterocycles. The molecule has 2 aromatic rings. The van der Waals surface area contributed by atoms with Crippen molar-refractivity contribution in [3.8, 4) is 11.5 Å². The topological polar surface area (TPSA) is 35.5 Å². The van der Waals surface area contributed by atoms with Crippen LogP contribution in [0.2, 0.25) is 0 Å². The maximum Gasteiger partial charge on any atom is 0.171 e. The minimum Gasteiger partial charge on any atom is -0.497 e. The quantitative estimate of drug-likeness (QED) is 0.792. The average molecular weight is 292 g/mol. The van der Waals surface area contributed by atoms with Crippen LogP contribution < -0.4 is 9.47 Å². The van der Waals surface area contributed by atoms with Gasteiger partial charge in [0, 0.05) is 6.42 Å². The number of methoxy groups -OCH3 is 2. The smallest absolute Gasteiger partial charge is 0.171 e. The van der Waals surface area contributed by atoms with Crippen molar-refractivity contribution in [2.45, 2.75) is 6.42 Å². The summed E-state index contributed by atoms with van der Waals surface area (Å²) in [6.45, 7) is 0. The highest BCUT2D eigenvalue weighted by molar-refractivity contribution is 6.00. The average Bonchev–Trinajstić information content (AvgIpc) is 2.50. The van der Waals surface area contributed by atoms with E-state index >= 15 is 0 Å². The monoisotopic (exact) mass is 292 g/mol. The highest BCUT2D eigenvalue weighted by atomic mass is 19.1. The van der Waals surface area contributed by atoms with Crippen molar-refractivity contribution in [1.29, 1.82) is 0 Å². The van der Waals surface area contributed by atoms with Gasteiger partial charge in [-0.15, -0.1) is 0 Å². The van der Waals surface area contributed by atoms with Gasteiger partial charge in [-0.25, -0.2) is 8.78 Å². The molecule has 0 atom stereocenters. The van der Waals surface area contributed by atoms with Gasteiger partial charge in [0.2, 0.25) is 0 Å². The maximum absolute atomic E-state index is 13.6. The molecule has 0 aliphatic rings. The highest BCUT2D eigenvalue weighted by Crippen LogP contribution is 2.25. The summed E-state index contributed by atoms with van der Waals surface area (Å²) in [7, 11) is 2.91. The Hall–Kier alpha value is -2.43. The van der Waals surface area contributed by atoms with Crippen LogP contribution in [-0.4, -0.2) is 20.0 Å². The van der Waals surface area contributed by atoms with Gasteiger partial charge in [0.15, 0.2) is 5.78 Å². The minimum absolute atomic E-state index is 0.00451. The molecule has 21 heavy (non-hydrogen) atoms. The van der Waals surface area contributed by atoms with Crippen LogP contribution in [0, 0.1) is 11.6 Å². The second-order valence-corrected chi connectivity index (χ2v) is 4.40. The molecule has 2 aromatic carbocycles. The number of ether oxygens (including phenoxy) is 2. The predicted octanol–water partition coefficient (Wildman–Crippen LogP) is 3.41. The molecule has 0 bridgehead atoms. The van der Waals surface area contributed by atoms with Crippen molar-refractivity contribution in [2.24, 2.45) is 0 Å². The number of ketones is 1. The molecule has 0 saturated heterocycles. The van der Waals surface area contributed by atoms with Gasteiger partial charge < -0.3 is 9.47 Å². The van der Waals surface area contributed by atoms with Crippen LogP contribution in [0.1, 0.15) is 15.9 Å². The molecule has 0 fully saturated rings. The van der Waals surface area contributed by atoms with Crippen molar-refractivity contribution in [1.82, 2.24) is 0 Å². The molecule has 0 aliphatic heterocycles. The van der Waals surface area contributed by atoms with E-state index in [1.165, 1.54) is 20.3 Å². The molecule has 3 nitrogen and oxygen atoms in total. The Morgan fingerprint density at radius 3 is 2.48 bits per heavy atom. The van der Waals surface area contributed by atoms with Crippen LogP contribution in [0.15, 0.2) is 36.4 Å². The summed E-state index contributed by atoms with van der Waals surface area (Å²) in [6.07, 6.45) is -0.257. The van der Waals surface area contributed by atoms with Crippen molar-refractivity contribution in [3.05, 3.63) is 59.2 Å². The van der Waals surface area contributed by atoms with Crippen LogP contribution in [0.3, 0.4) is 0 Å². The predicted molar refractivity (Wildman–Crippen MR) is 73.9 cm³/mol. The maximum atomic E-state index is 13.6. The third-order valence-corrected chi connectivity index (χ3v) is 3.07. The normalized spacial score (nSPS) is 10.3. The molecule has 0 radical (unpaired) electrons. The van der Waals surface area contributed by atoms with Gasteiger partial charge in [-0.3, -0.25) is 4.79 Å². The molecule has 0 N–H and O–H groups in total. The van der Waals surface area contributed by atoms with Gasteiger partial charge in [-0.05, 0) is 42.0 Å². The lowest BCUT2D eigenvalue weighted by atomic mass is 10.0. The van der Waals surface area contributed by atoms with E-state index in [4.69, 9.17) is 9.47 Å². The second-order valence-electron chi connectivity index (χ2n) is 4.40. The first-order valence-corrected chi connectivity index (χ1v) is 6.24. The molecule has 0 saturated carbocycles. The lowest BCUT2D eigenvalue weighted by molar-refractivity contribution is 0.0988. The van der Waals surface area contributed by atoms with E-state index in [2.05, 4.69) is 0 Å². The van der Waals surface area contributed by atoms with Crippen molar-refractivity contribution in [3.63, 3.8) is 0 Å². The Bertz CT molecular complexity index is 669. The van der Waals surface area contributed by atoms with E-state index in [0.29, 0.717) is 11.5 Å². The molecular weight excluding hydrogens is 278 g/mol. The van der Waals surface area contributed by atoms with Crippen LogP contribution in [-0.2, 0) is 6.42 Å². The SMILES string of the molecule is COc1ccc(OC)c(C(=O)Cc2cc(F)ccc2F)c1. The van der Waals surface area contributed by atoms with Crippen molar-refractivity contribution in [2.75, 3.05) is 14.2 Å². The number of carbonyl (C=O) groups is 1. The van der Waals surface area contributed by atoms with Gasteiger partial charge in [-0.2, -0.15) is 0 Å². The lowest BCUT2D eigenvalue weighted by Gasteiger charge is -2.10. The van der Waals surface area contributed by atoms with Gasteiger partial charge >= 0.3 is 0 Å². The first-order chi connectivity index (χ1) is 10.0. The number of rotatable bonds is 5. The van der Waals surface area contributed by atoms with E-state index < -0.39 is 11.6 Å². The zero-order valence-electron chi connectivity index (χ0n) is 11.7. The molecule has 0 heterocycles. The van der Waals surface area contributed by atoms with E-state index in [1.54, 1.807) is 12.1 Å². The van der Waals surface area contributed by atoms with E-state index in [0.717, 1.165) is 18.2 Å². The zero-order chi connectivity index (χ0) is 15.4. The Morgan fingerprint density at radius 2 is 1.81 bits per heavy atom. The number of benzene rings is 2. The summed E-state index contributed by atoms with van der Waals surface area (Å²) in [5.74, 6) is -0.741. The third kappa shape index (κ3) is 3.37. The molecule has 0 unspecified atom stereocenters.